The summed E-state index contributed by atoms with van der Waals surface area (Å²) in [6.07, 6.45) is 1.86. The number of ether oxygens (including phenoxy) is 2. The lowest BCUT2D eigenvalue weighted by Crippen LogP contribution is -2.45. The zero-order valence-corrected chi connectivity index (χ0v) is 16.3. The maximum absolute atomic E-state index is 13.2. The highest BCUT2D eigenvalue weighted by Crippen LogP contribution is 2.41. The molecule has 2 aromatic rings. The number of para-hydroxylation sites is 1. The van der Waals surface area contributed by atoms with Gasteiger partial charge in [-0.2, -0.15) is 0 Å². The van der Waals surface area contributed by atoms with Crippen LogP contribution in [0.1, 0.15) is 25.7 Å². The van der Waals surface area contributed by atoms with Gasteiger partial charge < -0.3 is 9.47 Å². The Bertz CT molecular complexity index is 872. The molecular weight excluding hydrogens is 388 g/mol. The van der Waals surface area contributed by atoms with Crippen LogP contribution in [0.4, 0.5) is 0 Å². The van der Waals surface area contributed by atoms with E-state index in [1.165, 1.54) is 24.3 Å². The molecule has 144 valence electrons. The van der Waals surface area contributed by atoms with Crippen LogP contribution < -0.4 is 4.74 Å². The molecule has 1 aliphatic carbocycles. The molecule has 0 unspecified atom stereocenters. The molecule has 1 fully saturated rings. The monoisotopic (exact) mass is 408 g/mol. The molecule has 0 spiro atoms. The second kappa shape index (κ2) is 8.31. The average Bonchev–Trinajstić information content (AvgIpc) is 3.18. The van der Waals surface area contributed by atoms with E-state index in [4.69, 9.17) is 21.1 Å². The molecule has 0 amide bonds. The van der Waals surface area contributed by atoms with Gasteiger partial charge in [0.15, 0.2) is 14.6 Å². The van der Waals surface area contributed by atoms with E-state index >= 15 is 0 Å². The molecule has 3 rings (SSSR count). The van der Waals surface area contributed by atoms with Crippen LogP contribution in [0, 0.1) is 0 Å². The molecule has 7 heteroatoms. The minimum Gasteiger partial charge on any atom is -0.490 e. The fourth-order valence-corrected chi connectivity index (χ4v) is 5.49. The zero-order valence-electron chi connectivity index (χ0n) is 14.8. The van der Waals surface area contributed by atoms with E-state index in [9.17, 15) is 13.2 Å². The van der Waals surface area contributed by atoms with Gasteiger partial charge in [-0.1, -0.05) is 42.6 Å². The van der Waals surface area contributed by atoms with E-state index in [1.807, 2.05) is 18.2 Å². The normalized spacial score (nSPS) is 16.0. The first-order valence-electron chi connectivity index (χ1n) is 8.81. The van der Waals surface area contributed by atoms with Crippen molar-refractivity contribution in [2.75, 3.05) is 13.2 Å². The fraction of sp³-hybridized carbons (Fsp3) is 0.350. The average molecular weight is 409 g/mol. The van der Waals surface area contributed by atoms with Gasteiger partial charge in [-0.15, -0.1) is 0 Å². The van der Waals surface area contributed by atoms with Crippen LogP contribution in [0.15, 0.2) is 59.5 Å². The molecule has 0 radical (unpaired) electrons. The smallest absolute Gasteiger partial charge is 0.327 e. The topological polar surface area (TPSA) is 69.7 Å². The first-order chi connectivity index (χ1) is 13.0. The van der Waals surface area contributed by atoms with Gasteiger partial charge in [0.2, 0.25) is 0 Å². The Morgan fingerprint density at radius 3 is 2.22 bits per heavy atom. The summed E-state index contributed by atoms with van der Waals surface area (Å²) < 4.78 is 35.6. The van der Waals surface area contributed by atoms with Gasteiger partial charge in [0.25, 0.3) is 0 Å². The number of hydrogen-bond acceptors (Lipinski definition) is 5. The third kappa shape index (κ3) is 4.12. The van der Waals surface area contributed by atoms with Gasteiger partial charge in [-0.25, -0.2) is 8.42 Å². The second-order valence-electron chi connectivity index (χ2n) is 6.46. The van der Waals surface area contributed by atoms with Gasteiger partial charge in [0, 0.05) is 5.02 Å². The lowest BCUT2D eigenvalue weighted by Gasteiger charge is -2.26. The summed E-state index contributed by atoms with van der Waals surface area (Å²) in [5, 5.41) is 0.440. The van der Waals surface area contributed by atoms with Crippen molar-refractivity contribution >= 4 is 27.4 Å². The van der Waals surface area contributed by atoms with Gasteiger partial charge in [0.05, 0.1) is 4.90 Å². The predicted molar refractivity (Wildman–Crippen MR) is 103 cm³/mol. The summed E-state index contributed by atoms with van der Waals surface area (Å²) in [6.45, 7) is 0.151. The Morgan fingerprint density at radius 1 is 0.963 bits per heavy atom. The SMILES string of the molecule is O=C(OCCOc1ccccc1)C1(S(=O)(=O)c2ccc(Cl)cc2)CCCC1. The van der Waals surface area contributed by atoms with Crippen molar-refractivity contribution < 1.29 is 22.7 Å². The van der Waals surface area contributed by atoms with Crippen molar-refractivity contribution in [1.82, 2.24) is 0 Å². The molecule has 0 heterocycles. The first-order valence-corrected chi connectivity index (χ1v) is 10.7. The Morgan fingerprint density at radius 2 is 1.59 bits per heavy atom. The van der Waals surface area contributed by atoms with Crippen molar-refractivity contribution in [3.63, 3.8) is 0 Å². The van der Waals surface area contributed by atoms with E-state index in [-0.39, 0.29) is 31.0 Å². The minimum atomic E-state index is -3.88. The third-order valence-corrected chi connectivity index (χ3v) is 7.50. The second-order valence-corrected chi connectivity index (χ2v) is 9.15. The van der Waals surface area contributed by atoms with Crippen molar-refractivity contribution in [2.45, 2.75) is 35.3 Å². The number of sulfone groups is 1. The molecule has 0 bridgehead atoms. The van der Waals surface area contributed by atoms with Crippen molar-refractivity contribution in [3.8, 4) is 5.75 Å². The maximum atomic E-state index is 13.2. The van der Waals surface area contributed by atoms with E-state index in [0.717, 1.165) is 0 Å². The van der Waals surface area contributed by atoms with Crippen LogP contribution in [0.5, 0.6) is 5.75 Å². The van der Waals surface area contributed by atoms with Crippen LogP contribution >= 0.6 is 11.6 Å². The highest BCUT2D eigenvalue weighted by atomic mass is 35.5. The van der Waals surface area contributed by atoms with E-state index in [1.54, 1.807) is 12.1 Å². The Hall–Kier alpha value is -2.05. The Balaban J connectivity index is 1.70. The third-order valence-electron chi connectivity index (χ3n) is 4.75. The molecule has 0 atom stereocenters. The minimum absolute atomic E-state index is 0.00832. The summed E-state index contributed by atoms with van der Waals surface area (Å²) in [4.78, 5) is 12.9. The number of benzene rings is 2. The van der Waals surface area contributed by atoms with Crippen LogP contribution in [0.3, 0.4) is 0 Å². The number of esters is 1. The Labute approximate surface area is 164 Å². The van der Waals surface area contributed by atoms with Gasteiger partial charge in [-0.3, -0.25) is 4.79 Å². The standard InChI is InChI=1S/C20H21ClO5S/c21-16-8-10-18(11-9-16)27(23,24)20(12-4-5-13-20)19(22)26-15-14-25-17-6-2-1-3-7-17/h1-3,6-11H,4-5,12-15H2. The number of carbonyl (C=O) groups is 1. The lowest BCUT2D eigenvalue weighted by atomic mass is 10.1. The van der Waals surface area contributed by atoms with Crippen molar-refractivity contribution in [1.29, 1.82) is 0 Å². The number of hydrogen-bond donors (Lipinski definition) is 0. The van der Waals surface area contributed by atoms with Crippen LogP contribution in [-0.4, -0.2) is 32.3 Å². The molecule has 0 aliphatic heterocycles. The molecule has 0 N–H and O–H groups in total. The van der Waals surface area contributed by atoms with Gasteiger partial charge in [0.1, 0.15) is 19.0 Å². The molecule has 1 aliphatic rings. The molecule has 5 nitrogen and oxygen atoms in total. The van der Waals surface area contributed by atoms with Crippen LogP contribution in [0.2, 0.25) is 5.02 Å². The highest BCUT2D eigenvalue weighted by molar-refractivity contribution is 7.93. The van der Waals surface area contributed by atoms with E-state index in [2.05, 4.69) is 0 Å². The van der Waals surface area contributed by atoms with E-state index in [0.29, 0.717) is 23.6 Å². The summed E-state index contributed by atoms with van der Waals surface area (Å²) >= 11 is 5.85. The molecule has 0 aromatic heterocycles. The van der Waals surface area contributed by atoms with Crippen LogP contribution in [0.25, 0.3) is 0 Å². The molecule has 2 aromatic carbocycles. The molecule has 27 heavy (non-hydrogen) atoms. The molecule has 1 saturated carbocycles. The summed E-state index contributed by atoms with van der Waals surface area (Å²) in [7, 11) is -3.88. The summed E-state index contributed by atoms with van der Waals surface area (Å²) in [5.74, 6) is -0.0375. The largest absolute Gasteiger partial charge is 0.490 e. The van der Waals surface area contributed by atoms with E-state index < -0.39 is 20.6 Å². The summed E-state index contributed by atoms with van der Waals surface area (Å²) in [6, 6.07) is 15.0. The molecule has 0 saturated heterocycles. The summed E-state index contributed by atoms with van der Waals surface area (Å²) in [5.41, 5.74) is 0. The van der Waals surface area contributed by atoms with Crippen LogP contribution in [-0.2, 0) is 19.4 Å². The quantitative estimate of drug-likeness (QED) is 0.510. The lowest BCUT2D eigenvalue weighted by molar-refractivity contribution is -0.147. The predicted octanol–water partition coefficient (Wildman–Crippen LogP) is 4.05. The van der Waals surface area contributed by atoms with Gasteiger partial charge >= 0.3 is 5.97 Å². The zero-order chi connectivity index (χ0) is 19.3. The van der Waals surface area contributed by atoms with Crippen molar-refractivity contribution in [2.24, 2.45) is 0 Å². The molecular formula is C20H21ClO5S. The number of halogens is 1. The first kappa shape index (κ1) is 19.7. The fourth-order valence-electron chi connectivity index (χ4n) is 3.31. The number of carbonyl (C=O) groups excluding carboxylic acids is 1. The number of rotatable bonds is 7. The van der Waals surface area contributed by atoms with Crippen molar-refractivity contribution in [3.05, 3.63) is 59.6 Å². The Kier molecular flexibility index (Phi) is 6.07. The van der Waals surface area contributed by atoms with Gasteiger partial charge in [-0.05, 0) is 49.2 Å². The maximum Gasteiger partial charge on any atom is 0.327 e. The highest BCUT2D eigenvalue weighted by Gasteiger charge is 2.54.